The van der Waals surface area contributed by atoms with Crippen molar-refractivity contribution in [2.24, 2.45) is 0 Å². The molecule has 68 heavy (non-hydrogen) atoms. The zero-order valence-corrected chi connectivity index (χ0v) is 38.8. The van der Waals surface area contributed by atoms with Crippen molar-refractivity contribution in [2.45, 2.75) is 96.7 Å². The van der Waals surface area contributed by atoms with E-state index in [0.717, 1.165) is 33.1 Å². The normalized spacial score (nSPS) is 11.7. The maximum atomic E-state index is 14.9. The highest BCUT2D eigenvalue weighted by Gasteiger charge is 2.35. The second kappa shape index (κ2) is 24.0. The largest absolute Gasteiger partial charge is 0.471 e. The first-order valence-corrected chi connectivity index (χ1v) is 23.5. The van der Waals surface area contributed by atoms with Gasteiger partial charge in [0.1, 0.15) is 17.0 Å². The third-order valence-electron chi connectivity index (χ3n) is 11.6. The van der Waals surface area contributed by atoms with Gasteiger partial charge in [-0.1, -0.05) is 137 Å². The van der Waals surface area contributed by atoms with Crippen molar-refractivity contribution in [3.8, 4) is 11.4 Å². The van der Waals surface area contributed by atoms with Gasteiger partial charge in [-0.2, -0.15) is 9.67 Å². The molecule has 1 atom stereocenters. The van der Waals surface area contributed by atoms with E-state index < -0.39 is 35.5 Å². The number of amides is 2. The van der Waals surface area contributed by atoms with Crippen LogP contribution < -0.4 is 37.6 Å². The molecule has 0 fully saturated rings. The monoisotopic (exact) mass is 944 g/mol. The fourth-order valence-electron chi connectivity index (χ4n) is 8.08. The summed E-state index contributed by atoms with van der Waals surface area (Å²) >= 11 is 6.69. The molecule has 2 amide bonds. The fourth-order valence-corrected chi connectivity index (χ4v) is 8.25. The number of benzene rings is 4. The van der Waals surface area contributed by atoms with Gasteiger partial charge in [-0.3, -0.25) is 19.0 Å². The van der Waals surface area contributed by atoms with Gasteiger partial charge in [0.05, 0.1) is 48.0 Å². The van der Waals surface area contributed by atoms with Crippen molar-refractivity contribution in [3.63, 3.8) is 0 Å². The van der Waals surface area contributed by atoms with Crippen LogP contribution in [0.15, 0.2) is 134 Å². The van der Waals surface area contributed by atoms with Crippen LogP contribution in [0.5, 0.6) is 5.75 Å². The summed E-state index contributed by atoms with van der Waals surface area (Å²) in [7, 11) is 0. The zero-order chi connectivity index (χ0) is 47.8. The zero-order valence-electron chi connectivity index (χ0n) is 38.1. The maximum Gasteiger partial charge on any atom is 0.353 e. The number of carbonyl (C=O) groups is 2. The summed E-state index contributed by atoms with van der Waals surface area (Å²) in [5.74, 6) is -0.939. The molecule has 7 rings (SSSR count). The fraction of sp³-hybridized carbons (Fsp3) is 0.333. The Morgan fingerprint density at radius 2 is 1.46 bits per heavy atom. The van der Waals surface area contributed by atoms with E-state index >= 15 is 0 Å². The van der Waals surface area contributed by atoms with E-state index in [1.165, 1.54) is 74.1 Å². The van der Waals surface area contributed by atoms with E-state index in [4.69, 9.17) is 20.8 Å². The molecule has 4 N–H and O–H groups in total. The first-order valence-electron chi connectivity index (χ1n) is 23.2. The van der Waals surface area contributed by atoms with Crippen LogP contribution in [0.3, 0.4) is 0 Å². The van der Waals surface area contributed by atoms with Crippen LogP contribution >= 0.6 is 11.6 Å². The highest BCUT2D eigenvalue weighted by atomic mass is 35.5. The molecule has 0 spiro atoms. The minimum absolute atomic E-state index is 0.0488. The van der Waals surface area contributed by atoms with E-state index in [1.54, 1.807) is 78.9 Å². The van der Waals surface area contributed by atoms with Crippen molar-refractivity contribution in [1.82, 2.24) is 23.5 Å². The Kier molecular flexibility index (Phi) is 17.2. The number of ether oxygens (including phenoxy) is 1. The molecule has 0 aliphatic heterocycles. The number of nitrogens with one attached hydrogen (secondary N) is 3. The molecule has 356 valence electrons. The van der Waals surface area contributed by atoms with Crippen LogP contribution in [0.25, 0.3) is 16.8 Å². The number of anilines is 3. The van der Waals surface area contributed by atoms with Crippen LogP contribution in [0.1, 0.15) is 95.0 Å². The Bertz CT molecular complexity index is 2960. The van der Waals surface area contributed by atoms with Crippen molar-refractivity contribution in [3.05, 3.63) is 163 Å². The average molecular weight is 946 g/mol. The van der Waals surface area contributed by atoms with Crippen molar-refractivity contribution in [1.29, 1.82) is 0 Å². The topological polar surface area (TPSA) is 197 Å². The number of aliphatic hydroxyl groups is 1. The number of aliphatic hydroxyl groups excluding tert-OH is 1. The first kappa shape index (κ1) is 48.8. The van der Waals surface area contributed by atoms with Crippen LogP contribution in [0.4, 0.5) is 17.1 Å². The predicted molar refractivity (Wildman–Crippen MR) is 264 cm³/mol. The summed E-state index contributed by atoms with van der Waals surface area (Å²) in [5.41, 5.74) is -0.489. The van der Waals surface area contributed by atoms with E-state index in [-0.39, 0.29) is 53.4 Å². The van der Waals surface area contributed by atoms with Gasteiger partial charge >= 0.3 is 11.4 Å². The number of halogens is 1. The second-order valence-corrected chi connectivity index (χ2v) is 16.9. The van der Waals surface area contributed by atoms with Crippen molar-refractivity contribution < 1.29 is 23.8 Å². The lowest BCUT2D eigenvalue weighted by atomic mass is 10.1. The number of hydrogen-bond acceptors (Lipinski definition) is 10. The number of hydrogen-bond donors (Lipinski definition) is 4. The van der Waals surface area contributed by atoms with Gasteiger partial charge in [-0.05, 0) is 60.5 Å². The van der Waals surface area contributed by atoms with Gasteiger partial charge in [0.25, 0.3) is 11.5 Å². The molecule has 17 heteroatoms. The Morgan fingerprint density at radius 3 is 2.18 bits per heavy atom. The molecule has 1 unspecified atom stereocenters. The van der Waals surface area contributed by atoms with Gasteiger partial charge in [-0.15, -0.1) is 0 Å². The van der Waals surface area contributed by atoms with Gasteiger partial charge in [0, 0.05) is 12.1 Å². The second-order valence-electron chi connectivity index (χ2n) is 16.4. The Morgan fingerprint density at radius 1 is 0.779 bits per heavy atom. The molecule has 3 heterocycles. The third kappa shape index (κ3) is 12.0. The Labute approximate surface area is 398 Å². The quantitative estimate of drug-likeness (QED) is 0.0318. The molecule has 0 aliphatic carbocycles. The molecular weight excluding hydrogens is 888 g/mol. The van der Waals surface area contributed by atoms with E-state index in [1.807, 2.05) is 12.1 Å². The number of furan rings is 1. The summed E-state index contributed by atoms with van der Waals surface area (Å²) in [5, 5.41) is 19.2. The van der Waals surface area contributed by atoms with Crippen LogP contribution in [0.2, 0.25) is 5.02 Å². The minimum atomic E-state index is -1.90. The summed E-state index contributed by atoms with van der Waals surface area (Å²) in [6, 6.07) is 28.8. The van der Waals surface area contributed by atoms with E-state index in [9.17, 15) is 29.1 Å². The summed E-state index contributed by atoms with van der Waals surface area (Å²) in [6.07, 6.45) is 13.5. The molecule has 3 aromatic heterocycles. The van der Waals surface area contributed by atoms with Crippen LogP contribution in [-0.4, -0.2) is 53.7 Å². The van der Waals surface area contributed by atoms with Gasteiger partial charge in [0.15, 0.2) is 12.8 Å². The third-order valence-corrected chi connectivity index (χ3v) is 11.9. The number of para-hydroxylation sites is 3. The number of fused-ring (bicyclic) bond motifs is 1. The molecule has 4 aromatic carbocycles. The van der Waals surface area contributed by atoms with Crippen molar-refractivity contribution >= 4 is 51.6 Å². The van der Waals surface area contributed by atoms with Gasteiger partial charge < -0.3 is 30.2 Å². The number of aromatic nitrogens is 5. The smallest absolute Gasteiger partial charge is 0.353 e. The lowest BCUT2D eigenvalue weighted by Gasteiger charge is -2.20. The van der Waals surface area contributed by atoms with Crippen LogP contribution in [-0.2, 0) is 22.7 Å². The average Bonchev–Trinajstić information content (AvgIpc) is 3.92. The maximum absolute atomic E-state index is 14.9. The minimum Gasteiger partial charge on any atom is -0.471 e. The SMILES string of the molecule is CCCCCCCCCCCCC(=O)Nc1ccccc1OCNc1ccc(Cl)c(NC(=O)C(c2nc3occc3c(=O)n2CCO)n2c(=O)n(Cc3ccccc3)n(-c3ccccc3)c2=O)c1. The highest BCUT2D eigenvalue weighted by Crippen LogP contribution is 2.29. The predicted octanol–water partition coefficient (Wildman–Crippen LogP) is 8.72. The molecule has 0 saturated carbocycles. The summed E-state index contributed by atoms with van der Waals surface area (Å²) in [4.78, 5) is 75.7. The lowest BCUT2D eigenvalue weighted by Crippen LogP contribution is -2.43. The first-order chi connectivity index (χ1) is 33.2. The summed E-state index contributed by atoms with van der Waals surface area (Å²) < 4.78 is 15.7. The molecule has 0 bridgehead atoms. The Hall–Kier alpha value is -7.17. The van der Waals surface area contributed by atoms with E-state index in [0.29, 0.717) is 34.8 Å². The van der Waals surface area contributed by atoms with Crippen molar-refractivity contribution in [2.75, 3.05) is 29.3 Å². The number of nitrogens with zero attached hydrogens (tertiary/aromatic N) is 5. The molecule has 0 saturated heterocycles. The van der Waals surface area contributed by atoms with Gasteiger partial charge in [0.2, 0.25) is 11.6 Å². The van der Waals surface area contributed by atoms with Gasteiger partial charge in [-0.25, -0.2) is 18.8 Å². The molecule has 0 aliphatic rings. The molecule has 7 aromatic rings. The standard InChI is InChI=1S/C51H57ClN8O8/c1-2-3-4-5-6-7-8-9-10-17-26-44(62)54-41-24-18-19-25-43(41)68-35-53-37-27-28-40(52)42(33-37)55-47(63)45(46-56-48-39(29-32-67-48)49(64)57(46)30-31-61)59-50(65)58(34-36-20-13-11-14-21-36)60(51(59)66)38-22-15-12-16-23-38/h11-16,18-25,27-29,32-33,45,53,61H,2-10,17,26,30-31,34-35H2,1H3,(H,54,62)(H,55,63). The number of carbonyl (C=O) groups excluding carboxylic acids is 2. The van der Waals surface area contributed by atoms with Crippen LogP contribution in [0, 0.1) is 0 Å². The summed E-state index contributed by atoms with van der Waals surface area (Å²) in [6.45, 7) is 1.25. The number of unbranched alkanes of at least 4 members (excludes halogenated alkanes) is 9. The molecule has 0 radical (unpaired) electrons. The highest BCUT2D eigenvalue weighted by molar-refractivity contribution is 6.33. The Balaban J connectivity index is 1.11. The van der Waals surface area contributed by atoms with E-state index in [2.05, 4.69) is 27.9 Å². The molecular formula is C51H57ClN8O8. The lowest BCUT2D eigenvalue weighted by molar-refractivity contribution is -0.118. The molecule has 16 nitrogen and oxygen atoms in total. The number of rotatable bonds is 25.